The zero-order valence-electron chi connectivity index (χ0n) is 37.8. The van der Waals surface area contributed by atoms with Gasteiger partial charge in [-0.1, -0.05) is 108 Å². The quantitative estimate of drug-likeness (QED) is 0.135. The maximum absolute atomic E-state index is 11.6. The lowest BCUT2D eigenvalue weighted by atomic mass is 9.84. The van der Waals surface area contributed by atoms with Crippen LogP contribution in [0.15, 0.2) is 146 Å². The van der Waals surface area contributed by atoms with Crippen molar-refractivity contribution in [2.24, 2.45) is 0 Å². The van der Waals surface area contributed by atoms with Crippen LogP contribution in [0.25, 0.3) is 21.5 Å². The number of hydrogen-bond donors (Lipinski definition) is 4. The Balaban J connectivity index is 0.000000123. The van der Waals surface area contributed by atoms with E-state index in [1.54, 1.807) is 48.5 Å². The average molecular weight is 960 g/mol. The van der Waals surface area contributed by atoms with Gasteiger partial charge in [0.15, 0.2) is 0 Å². The number of likely N-dealkylation sites (tertiary alicyclic amines) is 2. The van der Waals surface area contributed by atoms with Crippen LogP contribution in [-0.2, 0) is 6.42 Å². The maximum Gasteiger partial charge on any atom is 0.339 e. The molecule has 69 heavy (non-hydrogen) atoms. The van der Waals surface area contributed by atoms with Crippen molar-refractivity contribution in [2.75, 3.05) is 40.3 Å². The smallest absolute Gasteiger partial charge is 0.339 e. The molecule has 12 heteroatoms. The molecule has 0 saturated carbocycles. The molecule has 12 rings (SSSR count). The third-order valence-corrected chi connectivity index (χ3v) is 14.4. The number of carbonyl (C=O) groups is 2. The van der Waals surface area contributed by atoms with Gasteiger partial charge in [-0.15, -0.1) is 0 Å². The number of carboxylic acid groups (broad SMARTS) is 2. The topological polar surface area (TPSA) is 140 Å². The second-order valence-corrected chi connectivity index (χ2v) is 19.1. The minimum Gasteiger partial charge on any atom is -0.507 e. The van der Waals surface area contributed by atoms with Gasteiger partial charge in [-0.3, -0.25) is 0 Å². The fourth-order valence-corrected chi connectivity index (χ4v) is 11.1. The molecule has 10 nitrogen and oxygen atoms in total. The number of hydrogen-bond acceptors (Lipinski definition) is 8. The van der Waals surface area contributed by atoms with E-state index in [0.29, 0.717) is 56.3 Å². The molecule has 4 aliphatic heterocycles. The number of benzene rings is 8. The molecule has 8 aromatic rings. The highest BCUT2D eigenvalue weighted by atomic mass is 35.5. The summed E-state index contributed by atoms with van der Waals surface area (Å²) in [5, 5.41) is 44.4. The lowest BCUT2D eigenvalue weighted by Gasteiger charge is -2.17. The predicted molar refractivity (Wildman–Crippen MR) is 270 cm³/mol. The largest absolute Gasteiger partial charge is 0.507 e. The Hall–Kier alpha value is -7.08. The molecule has 2 fully saturated rings. The van der Waals surface area contributed by atoms with Crippen molar-refractivity contribution < 1.29 is 39.5 Å². The first-order valence-corrected chi connectivity index (χ1v) is 23.5. The number of likely N-dealkylation sites (N-methyl/N-ethyl adjacent to an activating group) is 2. The highest BCUT2D eigenvalue weighted by Gasteiger charge is 2.40. The number of nitrogens with zero attached hydrogens (tertiary/aromatic N) is 2. The van der Waals surface area contributed by atoms with Crippen LogP contribution in [0.5, 0.6) is 34.5 Å². The molecule has 0 unspecified atom stereocenters. The van der Waals surface area contributed by atoms with Crippen molar-refractivity contribution in [2.45, 2.75) is 30.1 Å². The monoisotopic (exact) mass is 958 g/mol. The third-order valence-electron chi connectivity index (χ3n) is 13.9. The molecule has 4 N–H and O–H groups in total. The average Bonchev–Trinajstić information content (AvgIpc) is 3.87. The van der Waals surface area contributed by atoms with Crippen LogP contribution in [0, 0.1) is 0 Å². The lowest BCUT2D eigenvalue weighted by molar-refractivity contribution is 0.0682. The number of phenols is 2. The maximum atomic E-state index is 11.6. The molecule has 4 heterocycles. The van der Waals surface area contributed by atoms with Crippen LogP contribution >= 0.6 is 23.2 Å². The van der Waals surface area contributed by atoms with Gasteiger partial charge in [0.25, 0.3) is 0 Å². The first kappa shape index (κ1) is 45.7. The van der Waals surface area contributed by atoms with Crippen molar-refractivity contribution >= 4 is 56.7 Å². The summed E-state index contributed by atoms with van der Waals surface area (Å²) in [5.41, 5.74) is 5.22. The molecule has 4 atom stereocenters. The first-order chi connectivity index (χ1) is 33.3. The summed E-state index contributed by atoms with van der Waals surface area (Å²) in [4.78, 5) is 28.0. The third kappa shape index (κ3) is 8.81. The highest BCUT2D eigenvalue weighted by molar-refractivity contribution is 6.31. The zero-order valence-corrected chi connectivity index (χ0v) is 39.3. The molecule has 0 spiro atoms. The Morgan fingerprint density at radius 3 is 1.25 bits per heavy atom. The van der Waals surface area contributed by atoms with E-state index < -0.39 is 23.4 Å². The number of aromatic hydroxyl groups is 2. The molecule has 0 radical (unpaired) electrons. The van der Waals surface area contributed by atoms with E-state index in [1.807, 2.05) is 36.4 Å². The zero-order chi connectivity index (χ0) is 48.1. The minimum absolute atomic E-state index is 0.0407. The van der Waals surface area contributed by atoms with E-state index in [9.17, 15) is 30.0 Å². The molecular weight excluding hydrogens is 912 g/mol. The van der Waals surface area contributed by atoms with Crippen molar-refractivity contribution in [1.29, 1.82) is 0 Å². The van der Waals surface area contributed by atoms with Gasteiger partial charge in [0.2, 0.25) is 0 Å². The first-order valence-electron chi connectivity index (χ1n) is 22.8. The number of fused-ring (bicyclic) bond motifs is 12. The van der Waals surface area contributed by atoms with Gasteiger partial charge in [-0.05, 0) is 107 Å². The molecule has 0 amide bonds. The predicted octanol–water partition coefficient (Wildman–Crippen LogP) is 12.9. The Bertz CT molecular complexity index is 3100. The summed E-state index contributed by atoms with van der Waals surface area (Å²) >= 11 is 12.4. The van der Waals surface area contributed by atoms with Gasteiger partial charge in [0, 0.05) is 88.6 Å². The van der Waals surface area contributed by atoms with Crippen LogP contribution in [0.2, 0.25) is 10.0 Å². The van der Waals surface area contributed by atoms with E-state index in [-0.39, 0.29) is 17.5 Å². The number of para-hydroxylation sites is 2. The summed E-state index contributed by atoms with van der Waals surface area (Å²) in [7, 11) is 4.37. The number of halogens is 2. The number of rotatable bonds is 4. The van der Waals surface area contributed by atoms with Crippen molar-refractivity contribution in [3.63, 3.8) is 0 Å². The van der Waals surface area contributed by atoms with Gasteiger partial charge in [-0.2, -0.15) is 0 Å². The molecule has 348 valence electrons. The molecule has 0 aliphatic carbocycles. The molecule has 0 bridgehead atoms. The molecule has 2 saturated heterocycles. The van der Waals surface area contributed by atoms with Gasteiger partial charge in [0.05, 0.1) is 0 Å². The summed E-state index contributed by atoms with van der Waals surface area (Å²) in [6.07, 6.45) is -0.0407. The van der Waals surface area contributed by atoms with Crippen LogP contribution < -0.4 is 9.47 Å². The number of aromatic carboxylic acids is 2. The molecule has 0 aromatic heterocycles. The van der Waals surface area contributed by atoms with Gasteiger partial charge < -0.3 is 39.7 Å². The van der Waals surface area contributed by atoms with E-state index in [0.717, 1.165) is 59.2 Å². The van der Waals surface area contributed by atoms with Gasteiger partial charge in [0.1, 0.15) is 45.6 Å². The summed E-state index contributed by atoms with van der Waals surface area (Å²) in [6.45, 7) is 4.24. The molecule has 4 aliphatic rings. The van der Waals surface area contributed by atoms with Crippen LogP contribution in [-0.4, -0.2) is 82.4 Å². The second-order valence-electron chi connectivity index (χ2n) is 18.2. The van der Waals surface area contributed by atoms with Crippen molar-refractivity contribution in [3.8, 4) is 34.5 Å². The Morgan fingerprint density at radius 1 is 0.493 bits per heavy atom. The molecular formula is C57H48Cl2N2O8. The highest BCUT2D eigenvalue weighted by Crippen LogP contribution is 2.51. The van der Waals surface area contributed by atoms with E-state index >= 15 is 0 Å². The van der Waals surface area contributed by atoms with Crippen molar-refractivity contribution in [3.05, 3.63) is 200 Å². The summed E-state index contributed by atoms with van der Waals surface area (Å²) < 4.78 is 12.3. The standard InChI is InChI=1S/C23H16O6.2C17H16ClNO/c24-20-16(14-7-3-1-5-12(14)9-18(20)22(26)27)11-17-15-8-4-2-6-13(15)10-19(21(17)25)23(28)29;2*1-19-9-14-12-4-2-3-5-16(12)20-17-7-6-11(18)8-13(17)15(14)10-19/h1-10,24-25H,11H2,(H,26,27)(H,28,29);2*2-8,14-15H,9-10H2,1H3/t;2*14-,15-/m.11/s1. The SMILES string of the molecule is CN1C[C@@H]2c3ccccc3Oc3ccc(Cl)cc3[C@H]2C1.CN1C[C@@H]2c3ccccc3Oc3ccc(Cl)cc3[C@H]2C1.O=C(O)c1cc2ccccc2c(Cc2c(O)c(C(=O)O)cc3ccccc23)c1O. The Morgan fingerprint density at radius 2 is 0.841 bits per heavy atom. The fraction of sp³-hybridized carbons (Fsp3) is 0.193. The fourth-order valence-electron chi connectivity index (χ4n) is 10.7. The lowest BCUT2D eigenvalue weighted by Crippen LogP contribution is -2.14. The number of ether oxygens (including phenoxy) is 2. The number of carboxylic acids is 2. The summed E-state index contributed by atoms with van der Waals surface area (Å²) in [5.74, 6) is 2.39. The minimum atomic E-state index is -1.28. The van der Waals surface area contributed by atoms with Crippen LogP contribution in [0.1, 0.15) is 77.8 Å². The van der Waals surface area contributed by atoms with E-state index in [1.165, 1.54) is 34.4 Å². The summed E-state index contributed by atoms with van der Waals surface area (Å²) in [6, 6.07) is 45.5. The van der Waals surface area contributed by atoms with Gasteiger partial charge in [-0.25, -0.2) is 9.59 Å². The Labute approximate surface area is 409 Å². The Kier molecular flexibility index (Phi) is 12.4. The van der Waals surface area contributed by atoms with Crippen LogP contribution in [0.3, 0.4) is 0 Å². The van der Waals surface area contributed by atoms with Crippen molar-refractivity contribution in [1.82, 2.24) is 9.80 Å². The van der Waals surface area contributed by atoms with Gasteiger partial charge >= 0.3 is 11.9 Å². The normalized spacial score (nSPS) is 18.7. The molecule has 8 aromatic carbocycles. The second kappa shape index (κ2) is 18.8. The van der Waals surface area contributed by atoms with E-state index in [2.05, 4.69) is 72.4 Å². The van der Waals surface area contributed by atoms with E-state index in [4.69, 9.17) is 32.7 Å². The van der Waals surface area contributed by atoms with Crippen LogP contribution in [0.4, 0.5) is 0 Å².